The van der Waals surface area contributed by atoms with Gasteiger partial charge in [-0.25, -0.2) is 4.68 Å². The summed E-state index contributed by atoms with van der Waals surface area (Å²) in [5.41, 5.74) is 1.31. The van der Waals surface area contributed by atoms with E-state index in [1.54, 1.807) is 13.4 Å². The van der Waals surface area contributed by atoms with E-state index in [1.807, 2.05) is 41.1 Å². The minimum Gasteiger partial charge on any atom is -0.497 e. The van der Waals surface area contributed by atoms with Crippen LogP contribution in [0.5, 0.6) is 5.75 Å². The Hall–Kier alpha value is -3.46. The molecule has 1 aliphatic carbocycles. The van der Waals surface area contributed by atoms with Crippen LogP contribution in [0.3, 0.4) is 0 Å². The molecule has 9 nitrogen and oxygen atoms in total. The predicted octanol–water partition coefficient (Wildman–Crippen LogP) is 4.63. The fraction of sp³-hybridized carbons (Fsp3) is 0.462. The van der Waals surface area contributed by atoms with E-state index in [0.29, 0.717) is 30.4 Å². The van der Waals surface area contributed by atoms with Crippen LogP contribution in [0.4, 0.5) is 0 Å². The molecule has 4 aromatic rings. The lowest BCUT2D eigenvalue weighted by Crippen LogP contribution is -2.35. The van der Waals surface area contributed by atoms with Crippen molar-refractivity contribution in [1.29, 1.82) is 0 Å². The monoisotopic (exact) mass is 476 g/mol. The summed E-state index contributed by atoms with van der Waals surface area (Å²) in [7, 11) is 1.62. The van der Waals surface area contributed by atoms with Crippen molar-refractivity contribution in [3.63, 3.8) is 0 Å². The van der Waals surface area contributed by atoms with Crippen LogP contribution in [0.15, 0.2) is 51.9 Å². The number of benzene rings is 1. The van der Waals surface area contributed by atoms with Gasteiger partial charge in [0, 0.05) is 18.2 Å². The van der Waals surface area contributed by atoms with Crippen LogP contribution in [0, 0.1) is 5.92 Å². The lowest BCUT2D eigenvalue weighted by Gasteiger charge is -2.33. The number of aromatic nitrogens is 5. The molecule has 1 unspecified atom stereocenters. The molecule has 0 saturated heterocycles. The van der Waals surface area contributed by atoms with E-state index in [0.717, 1.165) is 35.3 Å². The third-order valence-corrected chi connectivity index (χ3v) is 6.92. The Labute approximate surface area is 204 Å². The van der Waals surface area contributed by atoms with Gasteiger partial charge in [-0.1, -0.05) is 26.7 Å². The normalized spacial score (nSPS) is 15.5. The minimum absolute atomic E-state index is 0.0957. The van der Waals surface area contributed by atoms with Crippen LogP contribution in [-0.2, 0) is 13.1 Å². The number of furan rings is 1. The first kappa shape index (κ1) is 23.3. The lowest BCUT2D eigenvalue weighted by atomic mass is 9.99. The van der Waals surface area contributed by atoms with Crippen LogP contribution < -0.4 is 10.3 Å². The van der Waals surface area contributed by atoms with Gasteiger partial charge in [0.2, 0.25) is 0 Å². The highest BCUT2D eigenvalue weighted by Gasteiger charge is 2.33. The third-order valence-electron chi connectivity index (χ3n) is 6.92. The van der Waals surface area contributed by atoms with E-state index in [9.17, 15) is 4.79 Å². The van der Waals surface area contributed by atoms with Crippen LogP contribution in [0.2, 0.25) is 0 Å². The standard InChI is InChI=1S/C26H32N6O3/c1-17(2)24(25-28-29-30-32(25)20-7-4-5-8-20)31(16-22-9-6-12-35-22)15-19-13-18-10-11-21(34-3)14-23(18)27-26(19)33/h6,9-14,17,20,24H,4-5,7-8,15-16H2,1-3H3,(H,27,33). The molecule has 0 aliphatic heterocycles. The molecule has 0 bridgehead atoms. The number of methoxy groups -OCH3 is 1. The summed E-state index contributed by atoms with van der Waals surface area (Å²) < 4.78 is 13.0. The van der Waals surface area contributed by atoms with Crippen molar-refractivity contribution in [3.05, 3.63) is 70.2 Å². The van der Waals surface area contributed by atoms with Gasteiger partial charge in [-0.3, -0.25) is 9.69 Å². The van der Waals surface area contributed by atoms with Crippen LogP contribution in [0.25, 0.3) is 10.9 Å². The van der Waals surface area contributed by atoms with E-state index in [1.165, 1.54) is 12.8 Å². The van der Waals surface area contributed by atoms with Gasteiger partial charge in [0.25, 0.3) is 5.56 Å². The van der Waals surface area contributed by atoms with E-state index in [4.69, 9.17) is 9.15 Å². The molecule has 1 N–H and O–H groups in total. The minimum atomic E-state index is -0.118. The molecule has 1 aliphatic rings. The summed E-state index contributed by atoms with van der Waals surface area (Å²) >= 11 is 0. The highest BCUT2D eigenvalue weighted by molar-refractivity contribution is 5.80. The summed E-state index contributed by atoms with van der Waals surface area (Å²) in [5.74, 6) is 2.59. The molecule has 184 valence electrons. The van der Waals surface area contributed by atoms with Gasteiger partial charge in [-0.15, -0.1) is 5.10 Å². The molecule has 0 spiro atoms. The number of tetrazole rings is 1. The zero-order valence-electron chi connectivity index (χ0n) is 20.5. The van der Waals surface area contributed by atoms with Crippen molar-refractivity contribution < 1.29 is 9.15 Å². The van der Waals surface area contributed by atoms with Gasteiger partial charge in [-0.2, -0.15) is 0 Å². The first-order chi connectivity index (χ1) is 17.0. The van der Waals surface area contributed by atoms with Crippen molar-refractivity contribution in [2.75, 3.05) is 7.11 Å². The molecule has 0 amide bonds. The molecular formula is C26H32N6O3. The smallest absolute Gasteiger partial charge is 0.252 e. The molecule has 35 heavy (non-hydrogen) atoms. The number of nitrogens with zero attached hydrogens (tertiary/aromatic N) is 5. The molecule has 5 rings (SSSR count). The fourth-order valence-corrected chi connectivity index (χ4v) is 5.23. The maximum Gasteiger partial charge on any atom is 0.252 e. The summed E-state index contributed by atoms with van der Waals surface area (Å²) in [5, 5.41) is 13.9. The van der Waals surface area contributed by atoms with E-state index < -0.39 is 0 Å². The molecule has 3 aromatic heterocycles. The highest BCUT2D eigenvalue weighted by Crippen LogP contribution is 2.35. The molecule has 1 atom stereocenters. The maximum atomic E-state index is 13.1. The van der Waals surface area contributed by atoms with E-state index in [-0.39, 0.29) is 17.5 Å². The van der Waals surface area contributed by atoms with E-state index >= 15 is 0 Å². The van der Waals surface area contributed by atoms with Gasteiger partial charge in [0.1, 0.15) is 11.5 Å². The lowest BCUT2D eigenvalue weighted by molar-refractivity contribution is 0.114. The van der Waals surface area contributed by atoms with Crippen molar-refractivity contribution in [3.8, 4) is 5.75 Å². The summed E-state index contributed by atoms with van der Waals surface area (Å²) in [6.45, 7) is 5.31. The average Bonchev–Trinajstić information content (AvgIpc) is 3.62. The summed E-state index contributed by atoms with van der Waals surface area (Å²) in [4.78, 5) is 18.4. The number of rotatable bonds is 9. The zero-order chi connectivity index (χ0) is 24.4. The quantitative estimate of drug-likeness (QED) is 0.376. The van der Waals surface area contributed by atoms with Crippen LogP contribution >= 0.6 is 0 Å². The number of aromatic amines is 1. The van der Waals surface area contributed by atoms with Gasteiger partial charge in [-0.05, 0) is 64.9 Å². The Morgan fingerprint density at radius 3 is 2.74 bits per heavy atom. The molecule has 1 aromatic carbocycles. The molecule has 3 heterocycles. The van der Waals surface area contributed by atoms with E-state index in [2.05, 4.69) is 39.3 Å². The second-order valence-electron chi connectivity index (χ2n) is 9.67. The van der Waals surface area contributed by atoms with Gasteiger partial charge in [0.15, 0.2) is 5.82 Å². The zero-order valence-corrected chi connectivity index (χ0v) is 20.5. The number of hydrogen-bond acceptors (Lipinski definition) is 7. The van der Waals surface area contributed by atoms with Crippen LogP contribution in [0.1, 0.15) is 68.8 Å². The van der Waals surface area contributed by atoms with Crippen molar-refractivity contribution in [2.45, 2.75) is 64.7 Å². The SMILES string of the molecule is COc1ccc2cc(CN(Cc3ccco3)C(c3nnnn3C3CCCC3)C(C)C)c(=O)[nH]c2c1. The number of pyridine rings is 1. The average molecular weight is 477 g/mol. The van der Waals surface area contributed by atoms with Gasteiger partial charge in [0.05, 0.1) is 37.5 Å². The second-order valence-corrected chi connectivity index (χ2v) is 9.67. The number of hydrogen-bond donors (Lipinski definition) is 1. The van der Waals surface area contributed by atoms with Gasteiger partial charge < -0.3 is 14.1 Å². The van der Waals surface area contributed by atoms with Crippen molar-refractivity contribution in [1.82, 2.24) is 30.1 Å². The topological polar surface area (TPSA) is 102 Å². The second kappa shape index (κ2) is 10.0. The molecule has 9 heteroatoms. The Morgan fingerprint density at radius 1 is 1.20 bits per heavy atom. The summed E-state index contributed by atoms with van der Waals surface area (Å²) in [6.07, 6.45) is 6.26. The molecule has 0 radical (unpaired) electrons. The number of ether oxygens (including phenoxy) is 1. The first-order valence-corrected chi connectivity index (χ1v) is 12.3. The highest BCUT2D eigenvalue weighted by atomic mass is 16.5. The van der Waals surface area contributed by atoms with Crippen LogP contribution in [-0.4, -0.2) is 37.2 Å². The molecular weight excluding hydrogens is 444 g/mol. The Bertz CT molecular complexity index is 1320. The third kappa shape index (κ3) is 4.86. The maximum absolute atomic E-state index is 13.1. The fourth-order valence-electron chi connectivity index (χ4n) is 5.23. The Morgan fingerprint density at radius 2 is 2.03 bits per heavy atom. The summed E-state index contributed by atoms with van der Waals surface area (Å²) in [6, 6.07) is 11.7. The number of nitrogens with one attached hydrogen (secondary N) is 1. The molecule has 1 saturated carbocycles. The van der Waals surface area contributed by atoms with Crippen molar-refractivity contribution >= 4 is 10.9 Å². The van der Waals surface area contributed by atoms with Gasteiger partial charge >= 0.3 is 0 Å². The number of fused-ring (bicyclic) bond motifs is 1. The first-order valence-electron chi connectivity index (χ1n) is 12.3. The molecule has 1 fully saturated rings. The largest absolute Gasteiger partial charge is 0.497 e. The number of H-pyrrole nitrogens is 1. The Kier molecular flexibility index (Phi) is 6.68. The van der Waals surface area contributed by atoms with Crippen molar-refractivity contribution in [2.24, 2.45) is 5.92 Å². The predicted molar refractivity (Wildman–Crippen MR) is 132 cm³/mol. The Balaban J connectivity index is 1.54.